The van der Waals surface area contributed by atoms with Crippen LogP contribution < -0.4 is 14.8 Å². The Labute approximate surface area is 163 Å². The van der Waals surface area contributed by atoms with Gasteiger partial charge >= 0.3 is 5.97 Å². The van der Waals surface area contributed by atoms with Gasteiger partial charge in [-0.3, -0.25) is 9.52 Å². The monoisotopic (exact) mass is 406 g/mol. The molecular weight excluding hydrogens is 384 g/mol. The van der Waals surface area contributed by atoms with Gasteiger partial charge in [0.25, 0.3) is 5.91 Å². The van der Waals surface area contributed by atoms with Crippen LogP contribution in [0.4, 0.5) is 11.4 Å². The summed E-state index contributed by atoms with van der Waals surface area (Å²) in [6, 6.07) is 12.7. The summed E-state index contributed by atoms with van der Waals surface area (Å²) in [6.45, 7) is 3.83. The highest BCUT2D eigenvalue weighted by atomic mass is 32.2. The molecule has 0 saturated carbocycles. The van der Waals surface area contributed by atoms with Crippen LogP contribution in [-0.2, 0) is 19.6 Å². The summed E-state index contributed by atoms with van der Waals surface area (Å²) in [4.78, 5) is 24.7. The summed E-state index contributed by atoms with van der Waals surface area (Å²) in [5, 5.41) is 2.64. The molecule has 28 heavy (non-hydrogen) atoms. The normalized spacial score (nSPS) is 12.0. The molecule has 150 valence electrons. The number of nitrogens with one attached hydrogen (secondary N) is 2. The lowest BCUT2D eigenvalue weighted by Crippen LogP contribution is -2.30. The maximum Gasteiger partial charge on any atom is 0.341 e. The lowest BCUT2D eigenvalue weighted by molar-refractivity contribution is -0.123. The summed E-state index contributed by atoms with van der Waals surface area (Å²) >= 11 is 0. The Morgan fingerprint density at radius 3 is 2.32 bits per heavy atom. The fraction of sp³-hybridized carbons (Fsp3) is 0.263. The fourth-order valence-electron chi connectivity index (χ4n) is 2.27. The summed E-state index contributed by atoms with van der Waals surface area (Å²) in [6.07, 6.45) is -0.118. The van der Waals surface area contributed by atoms with Crippen LogP contribution in [0, 0.1) is 0 Å². The highest BCUT2D eigenvalue weighted by Crippen LogP contribution is 2.19. The quantitative estimate of drug-likeness (QED) is 0.652. The van der Waals surface area contributed by atoms with Crippen LogP contribution in [-0.4, -0.2) is 39.3 Å². The average Bonchev–Trinajstić information content (AvgIpc) is 2.62. The predicted octanol–water partition coefficient (Wildman–Crippen LogP) is 2.64. The minimum absolute atomic E-state index is 0.00800. The molecule has 0 heterocycles. The van der Waals surface area contributed by atoms with E-state index >= 15 is 0 Å². The van der Waals surface area contributed by atoms with Gasteiger partial charge in [0, 0.05) is 5.69 Å². The van der Waals surface area contributed by atoms with Gasteiger partial charge in [0.2, 0.25) is 10.0 Å². The SMILES string of the molecule is CCOc1ccc(NC(=O)[C@H](C)OC(=O)c2ccccc2NS(C)(=O)=O)cc1. The zero-order valence-corrected chi connectivity index (χ0v) is 16.6. The summed E-state index contributed by atoms with van der Waals surface area (Å²) < 4.78 is 35.6. The van der Waals surface area contributed by atoms with Gasteiger partial charge in [-0.05, 0) is 50.2 Å². The molecule has 1 amide bonds. The minimum Gasteiger partial charge on any atom is -0.494 e. The third-order valence-electron chi connectivity index (χ3n) is 3.53. The van der Waals surface area contributed by atoms with E-state index in [1.807, 2.05) is 6.92 Å². The van der Waals surface area contributed by atoms with Crippen LogP contribution in [0.3, 0.4) is 0 Å². The van der Waals surface area contributed by atoms with E-state index in [1.165, 1.54) is 19.1 Å². The van der Waals surface area contributed by atoms with Gasteiger partial charge in [-0.1, -0.05) is 12.1 Å². The van der Waals surface area contributed by atoms with Crippen molar-refractivity contribution < 1.29 is 27.5 Å². The number of hydrogen-bond acceptors (Lipinski definition) is 6. The fourth-order valence-corrected chi connectivity index (χ4v) is 2.85. The first-order chi connectivity index (χ1) is 13.2. The molecule has 0 aliphatic rings. The first-order valence-corrected chi connectivity index (χ1v) is 10.4. The van der Waals surface area contributed by atoms with Crippen LogP contribution in [0.1, 0.15) is 24.2 Å². The molecule has 0 aliphatic carbocycles. The number of anilines is 2. The standard InChI is InChI=1S/C19H22N2O6S/c1-4-26-15-11-9-14(10-12-15)20-18(22)13(2)27-19(23)16-7-5-6-8-17(16)21-28(3,24)25/h5-13,21H,4H2,1-3H3,(H,20,22)/t13-/m0/s1. The molecule has 1 atom stereocenters. The molecule has 0 saturated heterocycles. The number of para-hydroxylation sites is 1. The average molecular weight is 406 g/mol. The minimum atomic E-state index is -3.57. The molecule has 0 radical (unpaired) electrons. The van der Waals surface area contributed by atoms with E-state index in [1.54, 1.807) is 36.4 Å². The Morgan fingerprint density at radius 2 is 1.71 bits per heavy atom. The van der Waals surface area contributed by atoms with Crippen molar-refractivity contribution in [3.8, 4) is 5.75 Å². The van der Waals surface area contributed by atoms with E-state index in [0.29, 0.717) is 18.0 Å². The van der Waals surface area contributed by atoms with Crippen molar-refractivity contribution in [2.45, 2.75) is 20.0 Å². The largest absolute Gasteiger partial charge is 0.494 e. The Balaban J connectivity index is 2.03. The molecule has 2 N–H and O–H groups in total. The molecule has 0 spiro atoms. The predicted molar refractivity (Wildman–Crippen MR) is 106 cm³/mol. The Morgan fingerprint density at radius 1 is 1.07 bits per heavy atom. The van der Waals surface area contributed by atoms with Crippen molar-refractivity contribution in [1.29, 1.82) is 0 Å². The first-order valence-electron chi connectivity index (χ1n) is 8.51. The second-order valence-corrected chi connectivity index (χ2v) is 7.66. The highest BCUT2D eigenvalue weighted by Gasteiger charge is 2.21. The van der Waals surface area contributed by atoms with Crippen molar-refractivity contribution in [1.82, 2.24) is 0 Å². The number of ether oxygens (including phenoxy) is 2. The molecule has 9 heteroatoms. The second-order valence-electron chi connectivity index (χ2n) is 5.91. The summed E-state index contributed by atoms with van der Waals surface area (Å²) in [5.41, 5.74) is 0.609. The number of carbonyl (C=O) groups excluding carboxylic acids is 2. The number of carbonyl (C=O) groups is 2. The smallest absolute Gasteiger partial charge is 0.341 e. The number of esters is 1. The molecule has 0 aliphatic heterocycles. The molecule has 2 rings (SSSR count). The van der Waals surface area contributed by atoms with Gasteiger partial charge < -0.3 is 14.8 Å². The van der Waals surface area contributed by atoms with Crippen LogP contribution in [0.15, 0.2) is 48.5 Å². The molecule has 0 unspecified atom stereocenters. The Hall–Kier alpha value is -3.07. The van der Waals surface area contributed by atoms with E-state index in [0.717, 1.165) is 6.26 Å². The van der Waals surface area contributed by atoms with Crippen molar-refractivity contribution >= 4 is 33.3 Å². The van der Waals surface area contributed by atoms with Crippen molar-refractivity contribution in [3.63, 3.8) is 0 Å². The van der Waals surface area contributed by atoms with Gasteiger partial charge in [-0.15, -0.1) is 0 Å². The maximum absolute atomic E-state index is 12.4. The van der Waals surface area contributed by atoms with Crippen molar-refractivity contribution in [2.24, 2.45) is 0 Å². The lowest BCUT2D eigenvalue weighted by Gasteiger charge is -2.15. The number of sulfonamides is 1. The number of amides is 1. The third-order valence-corrected chi connectivity index (χ3v) is 4.12. The second kappa shape index (κ2) is 9.23. The number of hydrogen-bond donors (Lipinski definition) is 2. The lowest BCUT2D eigenvalue weighted by atomic mass is 10.2. The van der Waals surface area contributed by atoms with E-state index in [9.17, 15) is 18.0 Å². The van der Waals surface area contributed by atoms with Crippen LogP contribution >= 0.6 is 0 Å². The van der Waals surface area contributed by atoms with Gasteiger partial charge in [0.05, 0.1) is 24.1 Å². The maximum atomic E-state index is 12.4. The summed E-state index contributed by atoms with van der Waals surface area (Å²) in [5.74, 6) is -0.665. The van der Waals surface area contributed by atoms with Gasteiger partial charge in [-0.2, -0.15) is 0 Å². The molecule has 0 aromatic heterocycles. The van der Waals surface area contributed by atoms with Crippen molar-refractivity contribution in [2.75, 3.05) is 22.9 Å². The molecule has 0 fully saturated rings. The summed E-state index contributed by atoms with van der Waals surface area (Å²) in [7, 11) is -3.57. The molecule has 8 nitrogen and oxygen atoms in total. The Bertz CT molecular complexity index is 941. The highest BCUT2D eigenvalue weighted by molar-refractivity contribution is 7.92. The van der Waals surface area contributed by atoms with Gasteiger partial charge in [-0.25, -0.2) is 13.2 Å². The molecule has 2 aromatic rings. The molecule has 2 aromatic carbocycles. The van der Waals surface area contributed by atoms with Crippen LogP contribution in [0.2, 0.25) is 0 Å². The van der Waals surface area contributed by atoms with E-state index in [-0.39, 0.29) is 11.3 Å². The third kappa shape index (κ3) is 6.27. The van der Waals surface area contributed by atoms with Gasteiger partial charge in [0.1, 0.15) is 5.75 Å². The zero-order valence-electron chi connectivity index (χ0n) is 15.8. The first kappa shape index (κ1) is 21.2. The molecular formula is C19H22N2O6S. The number of benzene rings is 2. The number of rotatable bonds is 8. The van der Waals surface area contributed by atoms with E-state index in [4.69, 9.17) is 9.47 Å². The Kier molecular flexibility index (Phi) is 7.00. The van der Waals surface area contributed by atoms with Crippen molar-refractivity contribution in [3.05, 3.63) is 54.1 Å². The molecule has 0 bridgehead atoms. The van der Waals surface area contributed by atoms with Crippen LogP contribution in [0.5, 0.6) is 5.75 Å². The zero-order chi connectivity index (χ0) is 20.7. The van der Waals surface area contributed by atoms with E-state index in [2.05, 4.69) is 10.0 Å². The van der Waals surface area contributed by atoms with Crippen LogP contribution in [0.25, 0.3) is 0 Å². The van der Waals surface area contributed by atoms with E-state index < -0.39 is 28.0 Å². The topological polar surface area (TPSA) is 111 Å². The van der Waals surface area contributed by atoms with Gasteiger partial charge in [0.15, 0.2) is 6.10 Å².